The molecular formula is C14H19IN4O. The molecular weight excluding hydrogens is 367 g/mol. The van der Waals surface area contributed by atoms with Crippen LogP contribution in [0.4, 0.5) is 0 Å². The topological polar surface area (TPSA) is 63.6 Å². The lowest BCUT2D eigenvalue weighted by Gasteiger charge is -2.08. The van der Waals surface area contributed by atoms with Gasteiger partial charge in [0.25, 0.3) is 5.56 Å². The summed E-state index contributed by atoms with van der Waals surface area (Å²) in [6.07, 6.45) is 4.45. The number of H-pyrrole nitrogens is 1. The van der Waals surface area contributed by atoms with Crippen LogP contribution in [-0.2, 0) is 6.42 Å². The predicted molar refractivity (Wildman–Crippen MR) is 87.7 cm³/mol. The van der Waals surface area contributed by atoms with Gasteiger partial charge in [0, 0.05) is 12.2 Å². The Bertz CT molecular complexity index is 657. The molecule has 0 saturated carbocycles. The zero-order valence-electron chi connectivity index (χ0n) is 12.1. The van der Waals surface area contributed by atoms with E-state index in [1.165, 1.54) is 0 Å². The van der Waals surface area contributed by atoms with E-state index in [0.717, 1.165) is 17.7 Å². The maximum absolute atomic E-state index is 12.0. The average molecular weight is 386 g/mol. The molecule has 0 aliphatic rings. The van der Waals surface area contributed by atoms with Crippen molar-refractivity contribution in [2.24, 2.45) is 5.92 Å². The lowest BCUT2D eigenvalue weighted by Crippen LogP contribution is -2.17. The first kappa shape index (κ1) is 15.2. The highest BCUT2D eigenvalue weighted by Crippen LogP contribution is 2.18. The van der Waals surface area contributed by atoms with E-state index in [9.17, 15) is 4.79 Å². The molecule has 0 saturated heterocycles. The van der Waals surface area contributed by atoms with Crippen LogP contribution in [0.2, 0.25) is 0 Å². The SMILES string of the molecule is CC(C)Cc1nc(-c2cnn(C(C)C)c2)[nH]c(=O)c1I. The number of aromatic nitrogens is 4. The summed E-state index contributed by atoms with van der Waals surface area (Å²) in [5, 5.41) is 4.29. The van der Waals surface area contributed by atoms with Gasteiger partial charge in [-0.05, 0) is 48.8 Å². The first-order valence-corrected chi connectivity index (χ1v) is 7.79. The van der Waals surface area contributed by atoms with E-state index in [1.54, 1.807) is 6.20 Å². The summed E-state index contributed by atoms with van der Waals surface area (Å²) >= 11 is 2.06. The van der Waals surface area contributed by atoms with E-state index >= 15 is 0 Å². The summed E-state index contributed by atoms with van der Waals surface area (Å²) in [6, 6.07) is 0.287. The standard InChI is InChI=1S/C14H19IN4O/c1-8(2)5-11-12(15)14(20)18-13(17-11)10-6-16-19(7-10)9(3)4/h6-9H,5H2,1-4H3,(H,17,18,20). The van der Waals surface area contributed by atoms with Crippen LogP contribution in [0.25, 0.3) is 11.4 Å². The third-order valence-electron chi connectivity index (χ3n) is 2.94. The molecule has 0 fully saturated rings. The fraction of sp³-hybridized carbons (Fsp3) is 0.500. The fourth-order valence-corrected chi connectivity index (χ4v) is 2.38. The third-order valence-corrected chi connectivity index (χ3v) is 4.05. The Labute approximate surface area is 132 Å². The van der Waals surface area contributed by atoms with E-state index in [4.69, 9.17) is 0 Å². The summed E-state index contributed by atoms with van der Waals surface area (Å²) in [5.41, 5.74) is 1.62. The molecule has 0 aliphatic heterocycles. The summed E-state index contributed by atoms with van der Waals surface area (Å²) in [4.78, 5) is 19.5. The van der Waals surface area contributed by atoms with Crippen molar-refractivity contribution in [2.45, 2.75) is 40.2 Å². The first-order chi connectivity index (χ1) is 9.38. The second kappa shape index (κ2) is 6.07. The highest BCUT2D eigenvalue weighted by atomic mass is 127. The van der Waals surface area contributed by atoms with Crippen LogP contribution in [0.3, 0.4) is 0 Å². The van der Waals surface area contributed by atoms with Gasteiger partial charge in [0.1, 0.15) is 5.82 Å². The molecule has 2 aromatic rings. The van der Waals surface area contributed by atoms with Gasteiger partial charge in [-0.25, -0.2) is 4.98 Å². The molecule has 0 amide bonds. The number of aromatic amines is 1. The largest absolute Gasteiger partial charge is 0.306 e. The minimum absolute atomic E-state index is 0.0800. The lowest BCUT2D eigenvalue weighted by molar-refractivity contribution is 0.532. The number of hydrogen-bond acceptors (Lipinski definition) is 3. The average Bonchev–Trinajstić information content (AvgIpc) is 2.83. The van der Waals surface area contributed by atoms with Gasteiger partial charge >= 0.3 is 0 Å². The van der Waals surface area contributed by atoms with Gasteiger partial charge in [0.15, 0.2) is 0 Å². The zero-order valence-corrected chi connectivity index (χ0v) is 14.3. The molecule has 0 radical (unpaired) electrons. The van der Waals surface area contributed by atoms with Crippen molar-refractivity contribution in [1.29, 1.82) is 0 Å². The van der Waals surface area contributed by atoms with Crippen LogP contribution in [0.1, 0.15) is 39.4 Å². The molecule has 0 aliphatic carbocycles. The highest BCUT2D eigenvalue weighted by molar-refractivity contribution is 14.1. The molecule has 6 heteroatoms. The zero-order chi connectivity index (χ0) is 14.9. The smallest absolute Gasteiger partial charge is 0.264 e. The summed E-state index contributed by atoms with van der Waals surface area (Å²) in [5.74, 6) is 1.06. The molecule has 20 heavy (non-hydrogen) atoms. The molecule has 0 bridgehead atoms. The van der Waals surface area contributed by atoms with Crippen LogP contribution in [-0.4, -0.2) is 19.7 Å². The van der Waals surface area contributed by atoms with Crippen LogP contribution >= 0.6 is 22.6 Å². The van der Waals surface area contributed by atoms with Crippen molar-refractivity contribution in [1.82, 2.24) is 19.7 Å². The van der Waals surface area contributed by atoms with Gasteiger partial charge < -0.3 is 4.98 Å². The predicted octanol–water partition coefficient (Wildman–Crippen LogP) is 3.02. The van der Waals surface area contributed by atoms with Gasteiger partial charge in [0.05, 0.1) is 21.0 Å². The second-order valence-electron chi connectivity index (χ2n) is 5.58. The monoisotopic (exact) mass is 386 g/mol. The van der Waals surface area contributed by atoms with Crippen molar-refractivity contribution in [2.75, 3.05) is 0 Å². The quantitative estimate of drug-likeness (QED) is 0.822. The lowest BCUT2D eigenvalue weighted by atomic mass is 10.1. The van der Waals surface area contributed by atoms with Crippen molar-refractivity contribution in [3.63, 3.8) is 0 Å². The van der Waals surface area contributed by atoms with Crippen LogP contribution in [0.5, 0.6) is 0 Å². The van der Waals surface area contributed by atoms with E-state index in [1.807, 2.05) is 10.9 Å². The number of hydrogen-bond donors (Lipinski definition) is 1. The normalized spacial score (nSPS) is 11.6. The van der Waals surface area contributed by atoms with Crippen molar-refractivity contribution in [3.05, 3.63) is 32.0 Å². The Morgan fingerprint density at radius 2 is 2.05 bits per heavy atom. The Morgan fingerprint density at radius 1 is 1.35 bits per heavy atom. The summed E-state index contributed by atoms with van der Waals surface area (Å²) < 4.78 is 2.53. The van der Waals surface area contributed by atoms with Gasteiger partial charge in [-0.2, -0.15) is 5.10 Å². The van der Waals surface area contributed by atoms with Crippen LogP contribution in [0.15, 0.2) is 17.2 Å². The molecule has 5 nitrogen and oxygen atoms in total. The molecule has 2 heterocycles. The second-order valence-corrected chi connectivity index (χ2v) is 6.65. The first-order valence-electron chi connectivity index (χ1n) is 6.71. The summed E-state index contributed by atoms with van der Waals surface area (Å²) in [6.45, 7) is 8.36. The number of rotatable bonds is 4. The van der Waals surface area contributed by atoms with E-state index in [-0.39, 0.29) is 11.6 Å². The Kier molecular flexibility index (Phi) is 4.62. The van der Waals surface area contributed by atoms with Crippen molar-refractivity contribution < 1.29 is 0 Å². The maximum atomic E-state index is 12.0. The van der Waals surface area contributed by atoms with Crippen molar-refractivity contribution >= 4 is 22.6 Å². The molecule has 2 rings (SSSR count). The van der Waals surface area contributed by atoms with Gasteiger partial charge in [0.2, 0.25) is 0 Å². The number of nitrogens with zero attached hydrogens (tertiary/aromatic N) is 3. The minimum atomic E-state index is -0.0800. The molecule has 1 N–H and O–H groups in total. The molecule has 2 aromatic heterocycles. The van der Waals surface area contributed by atoms with Gasteiger partial charge in [-0.15, -0.1) is 0 Å². The molecule has 0 unspecified atom stereocenters. The Balaban J connectivity index is 2.46. The van der Waals surface area contributed by atoms with E-state index in [2.05, 4.69) is 65.4 Å². The number of halogens is 1. The van der Waals surface area contributed by atoms with Gasteiger partial charge in [-0.1, -0.05) is 13.8 Å². The summed E-state index contributed by atoms with van der Waals surface area (Å²) in [7, 11) is 0. The van der Waals surface area contributed by atoms with E-state index in [0.29, 0.717) is 15.3 Å². The van der Waals surface area contributed by atoms with Crippen LogP contribution < -0.4 is 5.56 Å². The van der Waals surface area contributed by atoms with Gasteiger partial charge in [-0.3, -0.25) is 9.48 Å². The van der Waals surface area contributed by atoms with E-state index < -0.39 is 0 Å². The molecule has 0 atom stereocenters. The Morgan fingerprint density at radius 3 is 2.60 bits per heavy atom. The van der Waals surface area contributed by atoms with Crippen molar-refractivity contribution in [3.8, 4) is 11.4 Å². The third kappa shape index (κ3) is 3.28. The fourth-order valence-electron chi connectivity index (χ4n) is 1.91. The van der Waals surface area contributed by atoms with Crippen LogP contribution in [0, 0.1) is 9.49 Å². The number of nitrogens with one attached hydrogen (secondary N) is 1. The molecule has 0 aromatic carbocycles. The minimum Gasteiger partial charge on any atom is -0.306 e. The maximum Gasteiger partial charge on any atom is 0.264 e. The molecule has 0 spiro atoms. The highest BCUT2D eigenvalue weighted by Gasteiger charge is 2.13. The molecule has 108 valence electrons. The Hall–Kier alpha value is -1.18.